The number of carbonyl (C=O) groups excluding carboxylic acids is 2. The Labute approximate surface area is 123 Å². The molecule has 21 heavy (non-hydrogen) atoms. The third-order valence-corrected chi connectivity index (χ3v) is 3.47. The largest absolute Gasteiger partial charge is 0.355 e. The Kier molecular flexibility index (Phi) is 4.90. The quantitative estimate of drug-likeness (QED) is 0.876. The first kappa shape index (κ1) is 15.4. The van der Waals surface area contributed by atoms with E-state index < -0.39 is 0 Å². The predicted molar refractivity (Wildman–Crippen MR) is 78.4 cm³/mol. The van der Waals surface area contributed by atoms with Crippen LogP contribution in [0.5, 0.6) is 0 Å². The van der Waals surface area contributed by atoms with Crippen molar-refractivity contribution >= 4 is 17.5 Å². The van der Waals surface area contributed by atoms with Crippen LogP contribution in [0.3, 0.4) is 0 Å². The molecule has 114 valence electrons. The van der Waals surface area contributed by atoms with Crippen LogP contribution in [0.2, 0.25) is 0 Å². The molecule has 0 unspecified atom stereocenters. The van der Waals surface area contributed by atoms with E-state index in [-0.39, 0.29) is 30.0 Å². The number of halogens is 1. The summed E-state index contributed by atoms with van der Waals surface area (Å²) in [6, 6.07) is 5.87. The average molecular weight is 293 g/mol. The van der Waals surface area contributed by atoms with Gasteiger partial charge in [0.05, 0.1) is 5.92 Å². The lowest BCUT2D eigenvalue weighted by molar-refractivity contribution is -0.126. The molecule has 1 aliphatic rings. The van der Waals surface area contributed by atoms with Crippen molar-refractivity contribution in [3.8, 4) is 0 Å². The first-order valence-electron chi connectivity index (χ1n) is 6.95. The van der Waals surface area contributed by atoms with Crippen molar-refractivity contribution in [1.82, 2.24) is 10.2 Å². The highest BCUT2D eigenvalue weighted by atomic mass is 19.1. The lowest BCUT2D eigenvalue weighted by Crippen LogP contribution is -2.36. The van der Waals surface area contributed by atoms with Crippen LogP contribution >= 0.6 is 0 Å². The van der Waals surface area contributed by atoms with E-state index in [2.05, 4.69) is 5.32 Å². The van der Waals surface area contributed by atoms with Gasteiger partial charge in [0, 0.05) is 31.7 Å². The fourth-order valence-corrected chi connectivity index (χ4v) is 2.32. The summed E-state index contributed by atoms with van der Waals surface area (Å²) in [6.45, 7) is 1.60. The van der Waals surface area contributed by atoms with Gasteiger partial charge in [0.2, 0.25) is 11.8 Å². The number of anilines is 1. The molecule has 1 atom stereocenters. The fourth-order valence-electron chi connectivity index (χ4n) is 2.32. The molecule has 0 aromatic heterocycles. The average Bonchev–Trinajstić information content (AvgIpc) is 2.80. The molecule has 1 aliphatic heterocycles. The Morgan fingerprint density at radius 3 is 2.90 bits per heavy atom. The smallest absolute Gasteiger partial charge is 0.227 e. The predicted octanol–water partition coefficient (Wildman–Crippen LogP) is 0.856. The van der Waals surface area contributed by atoms with Crippen molar-refractivity contribution in [1.29, 1.82) is 0 Å². The second-order valence-electron chi connectivity index (χ2n) is 5.48. The molecule has 5 nitrogen and oxygen atoms in total. The summed E-state index contributed by atoms with van der Waals surface area (Å²) in [6.07, 6.45) is 0.171. The SMILES string of the molecule is CN(C)CCNC(=O)[C@H]1CC(=O)N(c2cccc(F)c2)C1. The number of benzene rings is 1. The molecule has 1 fully saturated rings. The minimum Gasteiger partial charge on any atom is -0.355 e. The van der Waals surface area contributed by atoms with Crippen LogP contribution in [-0.4, -0.2) is 50.4 Å². The number of hydrogen-bond acceptors (Lipinski definition) is 3. The standard InChI is InChI=1S/C15H20FN3O2/c1-18(2)7-6-17-15(21)11-8-14(20)19(10-11)13-5-3-4-12(16)9-13/h3-5,9,11H,6-8,10H2,1-2H3,(H,17,21)/t11-/m0/s1. The number of nitrogens with one attached hydrogen (secondary N) is 1. The summed E-state index contributed by atoms with van der Waals surface area (Å²) in [7, 11) is 3.86. The first-order valence-corrected chi connectivity index (χ1v) is 6.95. The van der Waals surface area contributed by atoms with Gasteiger partial charge in [0.15, 0.2) is 0 Å². The van der Waals surface area contributed by atoms with Crippen LogP contribution in [-0.2, 0) is 9.59 Å². The van der Waals surface area contributed by atoms with E-state index in [1.165, 1.54) is 17.0 Å². The van der Waals surface area contributed by atoms with Crippen molar-refractivity contribution in [2.24, 2.45) is 5.92 Å². The molecule has 2 rings (SSSR count). The summed E-state index contributed by atoms with van der Waals surface area (Å²) in [5.74, 6) is -1.03. The first-order chi connectivity index (χ1) is 9.97. The second kappa shape index (κ2) is 6.67. The zero-order chi connectivity index (χ0) is 15.4. The van der Waals surface area contributed by atoms with E-state index in [4.69, 9.17) is 0 Å². The van der Waals surface area contributed by atoms with E-state index in [1.54, 1.807) is 12.1 Å². The van der Waals surface area contributed by atoms with Crippen molar-refractivity contribution in [3.63, 3.8) is 0 Å². The molecule has 0 radical (unpaired) electrons. The number of rotatable bonds is 5. The molecule has 1 N–H and O–H groups in total. The van der Waals surface area contributed by atoms with Crippen LogP contribution in [0.4, 0.5) is 10.1 Å². The van der Waals surface area contributed by atoms with Gasteiger partial charge in [-0.2, -0.15) is 0 Å². The van der Waals surface area contributed by atoms with Crippen molar-refractivity contribution in [2.45, 2.75) is 6.42 Å². The Morgan fingerprint density at radius 1 is 1.48 bits per heavy atom. The third-order valence-electron chi connectivity index (χ3n) is 3.47. The van der Waals surface area contributed by atoms with E-state index in [9.17, 15) is 14.0 Å². The molecule has 0 bridgehead atoms. The molecule has 1 heterocycles. The fraction of sp³-hybridized carbons (Fsp3) is 0.467. The highest BCUT2D eigenvalue weighted by Crippen LogP contribution is 2.25. The second-order valence-corrected chi connectivity index (χ2v) is 5.48. The summed E-state index contributed by atoms with van der Waals surface area (Å²) < 4.78 is 13.2. The molecular formula is C15H20FN3O2. The van der Waals surface area contributed by atoms with E-state index in [1.807, 2.05) is 19.0 Å². The van der Waals surface area contributed by atoms with Crippen LogP contribution in [0.1, 0.15) is 6.42 Å². The minimum absolute atomic E-state index is 0.121. The molecule has 1 saturated heterocycles. The normalized spacial score (nSPS) is 18.4. The van der Waals surface area contributed by atoms with Crippen LogP contribution in [0, 0.1) is 11.7 Å². The molecule has 2 amide bonds. The van der Waals surface area contributed by atoms with Gasteiger partial charge in [0.25, 0.3) is 0 Å². The van der Waals surface area contributed by atoms with E-state index in [0.717, 1.165) is 6.54 Å². The summed E-state index contributed by atoms with van der Waals surface area (Å²) in [5.41, 5.74) is 0.503. The van der Waals surface area contributed by atoms with Gasteiger partial charge in [0.1, 0.15) is 5.82 Å². The van der Waals surface area contributed by atoms with Crippen molar-refractivity contribution in [2.75, 3.05) is 38.6 Å². The van der Waals surface area contributed by atoms with Gasteiger partial charge in [-0.3, -0.25) is 9.59 Å². The summed E-state index contributed by atoms with van der Waals surface area (Å²) in [4.78, 5) is 27.5. The van der Waals surface area contributed by atoms with Gasteiger partial charge >= 0.3 is 0 Å². The Hall–Kier alpha value is -1.95. The number of amides is 2. The zero-order valence-electron chi connectivity index (χ0n) is 12.3. The molecule has 0 spiro atoms. The minimum atomic E-state index is -0.390. The number of nitrogens with zero attached hydrogens (tertiary/aromatic N) is 2. The molecule has 6 heteroatoms. The molecule has 1 aromatic carbocycles. The molecule has 0 saturated carbocycles. The summed E-state index contributed by atoms with van der Waals surface area (Å²) >= 11 is 0. The maximum atomic E-state index is 13.2. The van der Waals surface area contributed by atoms with E-state index >= 15 is 0 Å². The van der Waals surface area contributed by atoms with Crippen LogP contribution < -0.4 is 10.2 Å². The van der Waals surface area contributed by atoms with Crippen LogP contribution in [0.15, 0.2) is 24.3 Å². The monoisotopic (exact) mass is 293 g/mol. The number of hydrogen-bond donors (Lipinski definition) is 1. The van der Waals surface area contributed by atoms with E-state index in [0.29, 0.717) is 18.8 Å². The highest BCUT2D eigenvalue weighted by molar-refractivity contribution is 6.00. The van der Waals surface area contributed by atoms with Gasteiger partial charge in [-0.15, -0.1) is 0 Å². The van der Waals surface area contributed by atoms with Crippen molar-refractivity contribution in [3.05, 3.63) is 30.1 Å². The Morgan fingerprint density at radius 2 is 2.24 bits per heavy atom. The molecule has 0 aliphatic carbocycles. The molecular weight excluding hydrogens is 273 g/mol. The maximum absolute atomic E-state index is 13.2. The lowest BCUT2D eigenvalue weighted by atomic mass is 10.1. The lowest BCUT2D eigenvalue weighted by Gasteiger charge is -2.17. The van der Waals surface area contributed by atoms with Gasteiger partial charge in [-0.05, 0) is 32.3 Å². The number of carbonyl (C=O) groups is 2. The number of likely N-dealkylation sites (N-methyl/N-ethyl adjacent to an activating group) is 1. The Balaban J connectivity index is 1.94. The third kappa shape index (κ3) is 4.01. The van der Waals surface area contributed by atoms with Crippen molar-refractivity contribution < 1.29 is 14.0 Å². The highest BCUT2D eigenvalue weighted by Gasteiger charge is 2.35. The topological polar surface area (TPSA) is 52.7 Å². The Bertz CT molecular complexity index is 533. The molecule has 1 aromatic rings. The summed E-state index contributed by atoms with van der Waals surface area (Å²) in [5, 5.41) is 2.83. The zero-order valence-corrected chi connectivity index (χ0v) is 12.3. The maximum Gasteiger partial charge on any atom is 0.227 e. The van der Waals surface area contributed by atoms with Gasteiger partial charge in [-0.1, -0.05) is 6.07 Å². The van der Waals surface area contributed by atoms with Crippen LogP contribution in [0.25, 0.3) is 0 Å². The van der Waals surface area contributed by atoms with Gasteiger partial charge < -0.3 is 15.1 Å². The van der Waals surface area contributed by atoms with Gasteiger partial charge in [-0.25, -0.2) is 4.39 Å².